The fraction of sp³-hybridized carbons (Fsp3) is 0.278. The maximum atomic E-state index is 5.87. The van der Waals surface area contributed by atoms with E-state index in [9.17, 15) is 0 Å². The van der Waals surface area contributed by atoms with Crippen LogP contribution in [0.4, 0.5) is 11.8 Å². The lowest BCUT2D eigenvalue weighted by atomic mass is 9.99. The molecule has 0 bridgehead atoms. The number of aromatic nitrogens is 4. The van der Waals surface area contributed by atoms with Crippen molar-refractivity contribution in [2.45, 2.75) is 19.0 Å². The Morgan fingerprint density at radius 3 is 2.52 bits per heavy atom. The third kappa shape index (κ3) is 3.95. The minimum Gasteiger partial charge on any atom is -0.368 e. The molecule has 0 aliphatic rings. The molecule has 0 aliphatic heterocycles. The quantitative estimate of drug-likeness (QED) is 0.718. The normalized spacial score (nSPS) is 13.6. The van der Waals surface area contributed by atoms with Crippen LogP contribution >= 0.6 is 0 Å². The first-order valence-electron chi connectivity index (χ1n) is 8.17. The molecular formula is C18H23N7. The summed E-state index contributed by atoms with van der Waals surface area (Å²) < 4.78 is 1.66. The highest BCUT2D eigenvalue weighted by Gasteiger charge is 2.22. The van der Waals surface area contributed by atoms with Gasteiger partial charge in [0.2, 0.25) is 5.95 Å². The van der Waals surface area contributed by atoms with Crippen molar-refractivity contribution in [1.82, 2.24) is 24.6 Å². The number of nitrogens with one attached hydrogen (secondary N) is 1. The van der Waals surface area contributed by atoms with E-state index in [1.165, 1.54) is 5.56 Å². The Balaban J connectivity index is 1.85. The standard InChI is InChI=1S/C18H23N7/c1-13(17(24(2)3)14-8-5-4-6-9-14)21-15-12-16(23-18(19)22-15)25-11-7-10-20-25/h4-13,17H,1-3H3,(H3,19,21,22,23). The molecule has 2 aromatic heterocycles. The number of likely N-dealkylation sites (N-methyl/N-ethyl adjacent to an activating group) is 1. The van der Waals surface area contributed by atoms with Gasteiger partial charge in [-0.2, -0.15) is 15.1 Å². The van der Waals surface area contributed by atoms with Crippen LogP contribution in [-0.2, 0) is 0 Å². The third-order valence-electron chi connectivity index (χ3n) is 4.02. The van der Waals surface area contributed by atoms with Gasteiger partial charge in [0.15, 0.2) is 5.82 Å². The Morgan fingerprint density at radius 1 is 1.12 bits per heavy atom. The molecule has 0 fully saturated rings. The van der Waals surface area contributed by atoms with Crippen molar-refractivity contribution in [3.05, 3.63) is 60.4 Å². The minimum atomic E-state index is 0.108. The summed E-state index contributed by atoms with van der Waals surface area (Å²) in [5.41, 5.74) is 7.11. The lowest BCUT2D eigenvalue weighted by Gasteiger charge is -2.31. The van der Waals surface area contributed by atoms with Crippen molar-refractivity contribution in [2.75, 3.05) is 25.1 Å². The predicted octanol–water partition coefficient (Wildman–Crippen LogP) is 2.35. The fourth-order valence-corrected chi connectivity index (χ4v) is 3.04. The first kappa shape index (κ1) is 16.9. The van der Waals surface area contributed by atoms with Gasteiger partial charge in [0.05, 0.1) is 6.04 Å². The molecule has 25 heavy (non-hydrogen) atoms. The van der Waals surface area contributed by atoms with Gasteiger partial charge in [0.1, 0.15) is 5.82 Å². The van der Waals surface area contributed by atoms with E-state index in [0.717, 1.165) is 0 Å². The molecule has 2 unspecified atom stereocenters. The van der Waals surface area contributed by atoms with Crippen LogP contribution in [0.3, 0.4) is 0 Å². The number of nitrogens with zero attached hydrogens (tertiary/aromatic N) is 5. The lowest BCUT2D eigenvalue weighted by Crippen LogP contribution is -2.34. The van der Waals surface area contributed by atoms with E-state index in [1.807, 2.05) is 24.4 Å². The van der Waals surface area contributed by atoms with Crippen molar-refractivity contribution in [3.63, 3.8) is 0 Å². The van der Waals surface area contributed by atoms with Gasteiger partial charge in [-0.05, 0) is 32.6 Å². The summed E-state index contributed by atoms with van der Waals surface area (Å²) in [6.07, 6.45) is 3.52. The van der Waals surface area contributed by atoms with Gasteiger partial charge >= 0.3 is 0 Å². The van der Waals surface area contributed by atoms with Crippen LogP contribution in [0.1, 0.15) is 18.5 Å². The number of nitrogen functional groups attached to an aromatic ring is 1. The summed E-state index contributed by atoms with van der Waals surface area (Å²) in [7, 11) is 4.14. The zero-order valence-corrected chi connectivity index (χ0v) is 14.7. The van der Waals surface area contributed by atoms with Crippen molar-refractivity contribution in [3.8, 4) is 5.82 Å². The third-order valence-corrected chi connectivity index (χ3v) is 4.02. The maximum absolute atomic E-state index is 5.87. The molecule has 2 atom stereocenters. The number of anilines is 2. The second kappa shape index (κ2) is 7.31. The largest absolute Gasteiger partial charge is 0.368 e. The van der Waals surface area contributed by atoms with Crippen LogP contribution in [0.15, 0.2) is 54.9 Å². The molecule has 1 aromatic carbocycles. The Bertz CT molecular complexity index is 800. The summed E-state index contributed by atoms with van der Waals surface area (Å²) in [5, 5.41) is 7.64. The molecule has 0 saturated carbocycles. The zero-order chi connectivity index (χ0) is 17.8. The SMILES string of the molecule is CC(Nc1cc(-n2cccn2)nc(N)n1)C(c1ccccc1)N(C)C. The van der Waals surface area contributed by atoms with Gasteiger partial charge in [-0.25, -0.2) is 4.68 Å². The second-order valence-electron chi connectivity index (χ2n) is 6.17. The van der Waals surface area contributed by atoms with Crippen LogP contribution < -0.4 is 11.1 Å². The summed E-state index contributed by atoms with van der Waals surface area (Å²) in [4.78, 5) is 10.7. The van der Waals surface area contributed by atoms with Crippen LogP contribution in [0.5, 0.6) is 0 Å². The minimum absolute atomic E-state index is 0.108. The molecule has 3 aromatic rings. The van der Waals surface area contributed by atoms with Crippen LogP contribution in [-0.4, -0.2) is 44.8 Å². The van der Waals surface area contributed by atoms with Gasteiger partial charge < -0.3 is 16.0 Å². The highest BCUT2D eigenvalue weighted by Crippen LogP contribution is 2.24. The summed E-state index contributed by atoms with van der Waals surface area (Å²) in [5.74, 6) is 1.52. The van der Waals surface area contributed by atoms with Crippen molar-refractivity contribution in [2.24, 2.45) is 0 Å². The molecule has 0 radical (unpaired) electrons. The Morgan fingerprint density at radius 2 is 1.88 bits per heavy atom. The Kier molecular flexibility index (Phi) is 4.95. The molecule has 7 heteroatoms. The topological polar surface area (TPSA) is 84.9 Å². The molecular weight excluding hydrogens is 314 g/mol. The Labute approximate surface area is 147 Å². The van der Waals surface area contributed by atoms with Gasteiger partial charge in [0.25, 0.3) is 0 Å². The molecule has 2 heterocycles. The van der Waals surface area contributed by atoms with Crippen molar-refractivity contribution >= 4 is 11.8 Å². The van der Waals surface area contributed by atoms with E-state index in [4.69, 9.17) is 5.73 Å². The average Bonchev–Trinajstić information content (AvgIpc) is 3.09. The number of rotatable bonds is 6. The average molecular weight is 337 g/mol. The van der Waals surface area contributed by atoms with E-state index in [0.29, 0.717) is 11.6 Å². The first-order valence-corrected chi connectivity index (χ1v) is 8.17. The highest BCUT2D eigenvalue weighted by atomic mass is 15.3. The first-order chi connectivity index (χ1) is 12.0. The van der Waals surface area contributed by atoms with Gasteiger partial charge in [-0.1, -0.05) is 30.3 Å². The smallest absolute Gasteiger partial charge is 0.224 e. The molecule has 0 aliphatic carbocycles. The van der Waals surface area contributed by atoms with Gasteiger partial charge in [0, 0.05) is 24.5 Å². The van der Waals surface area contributed by atoms with E-state index in [1.54, 1.807) is 10.9 Å². The number of hydrogen-bond donors (Lipinski definition) is 2. The van der Waals surface area contributed by atoms with Crippen LogP contribution in [0.2, 0.25) is 0 Å². The molecule has 7 nitrogen and oxygen atoms in total. The van der Waals surface area contributed by atoms with E-state index in [-0.39, 0.29) is 18.0 Å². The van der Waals surface area contributed by atoms with E-state index in [2.05, 4.69) is 70.6 Å². The van der Waals surface area contributed by atoms with E-state index >= 15 is 0 Å². The van der Waals surface area contributed by atoms with E-state index < -0.39 is 0 Å². The second-order valence-corrected chi connectivity index (χ2v) is 6.17. The maximum Gasteiger partial charge on any atom is 0.224 e. The zero-order valence-electron chi connectivity index (χ0n) is 14.7. The van der Waals surface area contributed by atoms with Gasteiger partial charge in [-0.15, -0.1) is 0 Å². The fourth-order valence-electron chi connectivity index (χ4n) is 3.04. The summed E-state index contributed by atoms with van der Waals surface area (Å²) in [6, 6.07) is 14.4. The van der Waals surface area contributed by atoms with Crippen molar-refractivity contribution < 1.29 is 0 Å². The van der Waals surface area contributed by atoms with Crippen LogP contribution in [0.25, 0.3) is 5.82 Å². The molecule has 3 rings (SSSR count). The Hall–Kier alpha value is -2.93. The monoisotopic (exact) mass is 337 g/mol. The summed E-state index contributed by atoms with van der Waals surface area (Å²) >= 11 is 0. The molecule has 130 valence electrons. The number of benzene rings is 1. The molecule has 3 N–H and O–H groups in total. The number of nitrogens with two attached hydrogens (primary N) is 1. The predicted molar refractivity (Wildman–Crippen MR) is 99.5 cm³/mol. The van der Waals surface area contributed by atoms with Gasteiger partial charge in [-0.3, -0.25) is 0 Å². The molecule has 0 saturated heterocycles. The summed E-state index contributed by atoms with van der Waals surface area (Å²) in [6.45, 7) is 2.13. The lowest BCUT2D eigenvalue weighted by molar-refractivity contribution is 0.275. The van der Waals surface area contributed by atoms with Crippen LogP contribution in [0, 0.1) is 0 Å². The number of hydrogen-bond acceptors (Lipinski definition) is 6. The highest BCUT2D eigenvalue weighted by molar-refractivity contribution is 5.46. The van der Waals surface area contributed by atoms with Crippen molar-refractivity contribution in [1.29, 1.82) is 0 Å². The molecule has 0 spiro atoms. The molecule has 0 amide bonds.